The Balaban J connectivity index is 0.00000256. The van der Waals surface area contributed by atoms with Crippen LogP contribution in [-0.4, -0.2) is 44.3 Å². The van der Waals surface area contributed by atoms with Crippen LogP contribution in [0.25, 0.3) is 0 Å². The number of cyclic esters (lactones) is 1. The van der Waals surface area contributed by atoms with Crippen LogP contribution in [0.15, 0.2) is 30.3 Å². The highest BCUT2D eigenvalue weighted by atomic mass is 35.5. The number of hydrogen-bond acceptors (Lipinski definition) is 6. The smallest absolute Gasteiger partial charge is 0.414 e. The van der Waals surface area contributed by atoms with Gasteiger partial charge in [-0.25, -0.2) is 4.79 Å². The molecule has 0 aliphatic carbocycles. The fraction of sp³-hybridized carbons (Fsp3) is 0.381. The SMILES string of the molecule is C.N#Cc1cc(N2C[C@H](CNC(=O)c3ccc(Cl)s3)OC2=O)ccc1N1CCCC1. The summed E-state index contributed by atoms with van der Waals surface area (Å²) in [5.41, 5.74) is 2.07. The highest BCUT2D eigenvalue weighted by Crippen LogP contribution is 2.30. The van der Waals surface area contributed by atoms with E-state index in [4.69, 9.17) is 16.3 Å². The Labute approximate surface area is 184 Å². The Bertz CT molecular complexity index is 981. The van der Waals surface area contributed by atoms with Crippen molar-refractivity contribution in [1.82, 2.24) is 5.32 Å². The van der Waals surface area contributed by atoms with Gasteiger partial charge in [0.1, 0.15) is 12.2 Å². The molecule has 2 aliphatic rings. The normalized spacial score (nSPS) is 18.0. The Hall–Kier alpha value is -2.76. The van der Waals surface area contributed by atoms with Gasteiger partial charge in [0.2, 0.25) is 0 Å². The van der Waals surface area contributed by atoms with E-state index in [-0.39, 0.29) is 19.9 Å². The number of hydrogen-bond donors (Lipinski definition) is 1. The molecule has 1 aromatic heterocycles. The Morgan fingerprint density at radius 1 is 1.30 bits per heavy atom. The van der Waals surface area contributed by atoms with E-state index in [0.717, 1.165) is 31.6 Å². The number of carbonyl (C=O) groups is 2. The van der Waals surface area contributed by atoms with Crippen molar-refractivity contribution < 1.29 is 14.3 Å². The topological polar surface area (TPSA) is 85.7 Å². The van der Waals surface area contributed by atoms with Crippen LogP contribution in [0.4, 0.5) is 16.2 Å². The number of nitriles is 1. The number of benzene rings is 1. The molecule has 1 aromatic carbocycles. The number of anilines is 2. The summed E-state index contributed by atoms with van der Waals surface area (Å²) in [6.07, 6.45) is 1.29. The quantitative estimate of drug-likeness (QED) is 0.741. The zero-order valence-corrected chi connectivity index (χ0v) is 17.1. The van der Waals surface area contributed by atoms with E-state index in [9.17, 15) is 14.9 Å². The van der Waals surface area contributed by atoms with Gasteiger partial charge in [0.15, 0.2) is 0 Å². The molecule has 2 aromatic rings. The summed E-state index contributed by atoms with van der Waals surface area (Å²) in [7, 11) is 0. The van der Waals surface area contributed by atoms with E-state index in [1.54, 1.807) is 18.2 Å². The number of thiophene rings is 1. The number of carbonyl (C=O) groups excluding carboxylic acids is 2. The summed E-state index contributed by atoms with van der Waals surface area (Å²) in [5.74, 6) is -0.252. The molecule has 1 N–H and O–H groups in total. The van der Waals surface area contributed by atoms with Crippen LogP contribution in [-0.2, 0) is 4.74 Å². The van der Waals surface area contributed by atoms with Crippen LogP contribution < -0.4 is 15.1 Å². The predicted molar refractivity (Wildman–Crippen MR) is 119 cm³/mol. The lowest BCUT2D eigenvalue weighted by atomic mass is 10.1. The lowest BCUT2D eigenvalue weighted by Gasteiger charge is -2.21. The van der Waals surface area contributed by atoms with E-state index in [0.29, 0.717) is 27.0 Å². The number of halogens is 1. The van der Waals surface area contributed by atoms with Gasteiger partial charge in [0.05, 0.1) is 33.6 Å². The zero-order chi connectivity index (χ0) is 20.4. The van der Waals surface area contributed by atoms with Crippen LogP contribution in [0.5, 0.6) is 0 Å². The predicted octanol–water partition coefficient (Wildman–Crippen LogP) is 4.26. The fourth-order valence-electron chi connectivity index (χ4n) is 3.58. The molecule has 30 heavy (non-hydrogen) atoms. The number of amides is 2. The molecule has 2 saturated heterocycles. The minimum absolute atomic E-state index is 0. The maximum atomic E-state index is 12.3. The van der Waals surface area contributed by atoms with Crippen molar-refractivity contribution in [3.63, 3.8) is 0 Å². The molecule has 0 radical (unpaired) electrons. The third kappa shape index (κ3) is 4.53. The zero-order valence-electron chi connectivity index (χ0n) is 15.6. The number of nitrogens with one attached hydrogen (secondary N) is 1. The number of nitrogens with zero attached hydrogens (tertiary/aromatic N) is 3. The summed E-state index contributed by atoms with van der Waals surface area (Å²) in [6.45, 7) is 2.39. The molecule has 0 bridgehead atoms. The van der Waals surface area contributed by atoms with Gasteiger partial charge < -0.3 is 15.0 Å². The Morgan fingerprint density at radius 3 is 2.73 bits per heavy atom. The number of rotatable bonds is 5. The average Bonchev–Trinajstić information content (AvgIpc) is 3.47. The first-order valence-electron chi connectivity index (χ1n) is 9.36. The molecule has 4 rings (SSSR count). The molecule has 3 heterocycles. The molecule has 0 saturated carbocycles. The van der Waals surface area contributed by atoms with Gasteiger partial charge in [0, 0.05) is 18.8 Å². The minimum atomic E-state index is -0.485. The van der Waals surface area contributed by atoms with Crippen LogP contribution in [0.1, 0.15) is 35.5 Å². The van der Waals surface area contributed by atoms with Crippen molar-refractivity contribution in [3.8, 4) is 6.07 Å². The Kier molecular flexibility index (Phi) is 6.85. The van der Waals surface area contributed by atoms with E-state index in [1.807, 2.05) is 12.1 Å². The highest BCUT2D eigenvalue weighted by molar-refractivity contribution is 7.18. The van der Waals surface area contributed by atoms with E-state index in [2.05, 4.69) is 16.3 Å². The average molecular weight is 447 g/mol. The minimum Gasteiger partial charge on any atom is -0.442 e. The molecule has 9 heteroatoms. The van der Waals surface area contributed by atoms with Crippen LogP contribution in [0.3, 0.4) is 0 Å². The molecule has 1 atom stereocenters. The second-order valence-electron chi connectivity index (χ2n) is 6.94. The van der Waals surface area contributed by atoms with Gasteiger partial charge in [-0.3, -0.25) is 9.69 Å². The van der Waals surface area contributed by atoms with Gasteiger partial charge in [-0.1, -0.05) is 19.0 Å². The maximum Gasteiger partial charge on any atom is 0.414 e. The van der Waals surface area contributed by atoms with Gasteiger partial charge >= 0.3 is 6.09 Å². The van der Waals surface area contributed by atoms with Crippen molar-refractivity contribution >= 4 is 46.3 Å². The standard InChI is InChI=1S/C20H19ClN4O3S.CH4/c21-18-6-5-17(29-18)19(26)23-11-15-12-25(20(27)28-15)14-3-4-16(13(9-14)10-22)24-7-1-2-8-24;/h3-6,9,15H,1-2,7-8,11-12H2,(H,23,26);1H4/t15-;/m0./s1. The molecule has 2 fully saturated rings. The molecular formula is C21H23ClN4O3S. The van der Waals surface area contributed by atoms with Gasteiger partial charge in [-0.05, 0) is 43.2 Å². The second-order valence-corrected chi connectivity index (χ2v) is 8.65. The van der Waals surface area contributed by atoms with Crippen molar-refractivity contribution in [2.24, 2.45) is 0 Å². The lowest BCUT2D eigenvalue weighted by Crippen LogP contribution is -2.34. The summed E-state index contributed by atoms with van der Waals surface area (Å²) < 4.78 is 5.92. The van der Waals surface area contributed by atoms with Crippen molar-refractivity contribution in [1.29, 1.82) is 5.26 Å². The van der Waals surface area contributed by atoms with Crippen LogP contribution in [0.2, 0.25) is 4.34 Å². The van der Waals surface area contributed by atoms with E-state index >= 15 is 0 Å². The summed E-state index contributed by atoms with van der Waals surface area (Å²) in [6, 6.07) is 11.0. The van der Waals surface area contributed by atoms with Gasteiger partial charge in [0.25, 0.3) is 5.91 Å². The molecule has 7 nitrogen and oxygen atoms in total. The van der Waals surface area contributed by atoms with Gasteiger partial charge in [-0.15, -0.1) is 11.3 Å². The molecule has 0 spiro atoms. The van der Waals surface area contributed by atoms with E-state index < -0.39 is 12.2 Å². The molecule has 158 valence electrons. The first-order chi connectivity index (χ1) is 14.0. The molecule has 2 amide bonds. The Morgan fingerprint density at radius 2 is 2.07 bits per heavy atom. The maximum absolute atomic E-state index is 12.3. The third-order valence-electron chi connectivity index (χ3n) is 5.02. The largest absolute Gasteiger partial charge is 0.442 e. The fourth-order valence-corrected chi connectivity index (χ4v) is 4.54. The molecule has 2 aliphatic heterocycles. The van der Waals surface area contributed by atoms with Crippen molar-refractivity contribution in [2.75, 3.05) is 36.0 Å². The first-order valence-corrected chi connectivity index (χ1v) is 10.6. The molecular weight excluding hydrogens is 424 g/mol. The number of ether oxygens (including phenoxy) is 1. The van der Waals surface area contributed by atoms with Crippen molar-refractivity contribution in [2.45, 2.75) is 26.4 Å². The molecule has 0 unspecified atom stereocenters. The summed E-state index contributed by atoms with van der Waals surface area (Å²) in [4.78, 5) is 28.7. The highest BCUT2D eigenvalue weighted by Gasteiger charge is 2.33. The first kappa shape index (κ1) is 21.9. The summed E-state index contributed by atoms with van der Waals surface area (Å²) >= 11 is 7.04. The third-order valence-corrected chi connectivity index (χ3v) is 6.25. The van der Waals surface area contributed by atoms with Crippen molar-refractivity contribution in [3.05, 3.63) is 45.1 Å². The van der Waals surface area contributed by atoms with Crippen LogP contribution >= 0.6 is 22.9 Å². The van der Waals surface area contributed by atoms with Gasteiger partial charge in [-0.2, -0.15) is 5.26 Å². The van der Waals surface area contributed by atoms with Crippen LogP contribution in [0, 0.1) is 11.3 Å². The lowest BCUT2D eigenvalue weighted by molar-refractivity contribution is 0.0920. The summed E-state index contributed by atoms with van der Waals surface area (Å²) in [5, 5.41) is 12.3. The monoisotopic (exact) mass is 446 g/mol. The van der Waals surface area contributed by atoms with E-state index in [1.165, 1.54) is 16.2 Å². The second kappa shape index (κ2) is 9.37.